The van der Waals surface area contributed by atoms with Gasteiger partial charge in [0.2, 0.25) is 0 Å². The third kappa shape index (κ3) is 3.74. The highest BCUT2D eigenvalue weighted by molar-refractivity contribution is 5.79. The molecule has 1 N–H and O–H groups in total. The zero-order chi connectivity index (χ0) is 19.3. The van der Waals surface area contributed by atoms with Crippen molar-refractivity contribution in [2.24, 2.45) is 0 Å². The lowest BCUT2D eigenvalue weighted by atomic mass is 9.98. The molecule has 138 valence electrons. The number of benzene rings is 2. The second-order valence-electron chi connectivity index (χ2n) is 6.67. The Hall–Kier alpha value is -3.58. The maximum Gasteiger partial charge on any atom is 0.407 e. The number of rotatable bonds is 3. The van der Waals surface area contributed by atoms with E-state index in [1.807, 2.05) is 43.3 Å². The summed E-state index contributed by atoms with van der Waals surface area (Å²) in [5.41, 5.74) is 6.59. The first-order valence-corrected chi connectivity index (χ1v) is 9.23. The minimum Gasteiger partial charge on any atom is -0.449 e. The molecule has 1 aromatic heterocycles. The molecular weight excluding hydrogens is 348 g/mol. The molecule has 4 rings (SSSR count). The second kappa shape index (κ2) is 7.98. The van der Waals surface area contributed by atoms with Gasteiger partial charge in [-0.3, -0.25) is 4.98 Å². The molecular formula is C24H20N2O2. The Balaban J connectivity index is 1.35. The van der Waals surface area contributed by atoms with Crippen LogP contribution in [0.15, 0.2) is 66.9 Å². The normalized spacial score (nSPS) is 11.8. The van der Waals surface area contributed by atoms with Crippen LogP contribution in [0.4, 0.5) is 4.79 Å². The quantitative estimate of drug-likeness (QED) is 0.702. The monoisotopic (exact) mass is 368 g/mol. The molecule has 1 aliphatic rings. The van der Waals surface area contributed by atoms with Crippen LogP contribution in [0.5, 0.6) is 0 Å². The molecule has 1 amide bonds. The van der Waals surface area contributed by atoms with Gasteiger partial charge in [0.15, 0.2) is 0 Å². The molecule has 1 aliphatic carbocycles. The highest BCUT2D eigenvalue weighted by Crippen LogP contribution is 2.44. The maximum absolute atomic E-state index is 12.1. The summed E-state index contributed by atoms with van der Waals surface area (Å²) in [7, 11) is 0. The summed E-state index contributed by atoms with van der Waals surface area (Å²) in [6.45, 7) is 2.45. The van der Waals surface area contributed by atoms with E-state index in [1.54, 1.807) is 6.20 Å². The van der Waals surface area contributed by atoms with Crippen LogP contribution in [-0.2, 0) is 4.74 Å². The lowest BCUT2D eigenvalue weighted by molar-refractivity contribution is 0.144. The van der Waals surface area contributed by atoms with Gasteiger partial charge in [0.1, 0.15) is 6.61 Å². The number of nitrogens with one attached hydrogen (secondary N) is 1. The van der Waals surface area contributed by atoms with Crippen LogP contribution in [0, 0.1) is 18.8 Å². The summed E-state index contributed by atoms with van der Waals surface area (Å²) in [6, 6.07) is 20.4. The number of aryl methyl sites for hydroxylation is 1. The number of hydrogen-bond acceptors (Lipinski definition) is 3. The molecule has 28 heavy (non-hydrogen) atoms. The lowest BCUT2D eigenvalue weighted by Gasteiger charge is -2.14. The van der Waals surface area contributed by atoms with Crippen molar-refractivity contribution >= 4 is 6.09 Å². The number of pyridine rings is 1. The van der Waals surface area contributed by atoms with Gasteiger partial charge in [0.25, 0.3) is 0 Å². The SMILES string of the molecule is Cc1ccc(C#CCNC(=O)OCC2c3ccccc3-c3ccccc32)cn1. The number of ether oxygens (including phenoxy) is 1. The lowest BCUT2D eigenvalue weighted by Crippen LogP contribution is -2.26. The maximum atomic E-state index is 12.1. The van der Waals surface area contributed by atoms with E-state index >= 15 is 0 Å². The summed E-state index contributed by atoms with van der Waals surface area (Å²) >= 11 is 0. The number of hydrogen-bond donors (Lipinski definition) is 1. The highest BCUT2D eigenvalue weighted by Gasteiger charge is 2.28. The van der Waals surface area contributed by atoms with Gasteiger partial charge in [0, 0.05) is 23.4 Å². The molecule has 0 saturated carbocycles. The van der Waals surface area contributed by atoms with Crippen molar-refractivity contribution in [1.29, 1.82) is 0 Å². The van der Waals surface area contributed by atoms with Crippen molar-refractivity contribution in [3.8, 4) is 23.0 Å². The highest BCUT2D eigenvalue weighted by atomic mass is 16.5. The Bertz CT molecular complexity index is 1020. The minimum atomic E-state index is -0.460. The van der Waals surface area contributed by atoms with Crippen molar-refractivity contribution in [3.05, 3.63) is 89.2 Å². The summed E-state index contributed by atoms with van der Waals surface area (Å²) in [6.07, 6.45) is 1.26. The van der Waals surface area contributed by atoms with Crippen molar-refractivity contribution in [2.75, 3.05) is 13.2 Å². The van der Waals surface area contributed by atoms with Crippen molar-refractivity contribution in [3.63, 3.8) is 0 Å². The van der Waals surface area contributed by atoms with Gasteiger partial charge in [-0.1, -0.05) is 60.4 Å². The van der Waals surface area contributed by atoms with Gasteiger partial charge < -0.3 is 10.1 Å². The van der Waals surface area contributed by atoms with E-state index in [0.717, 1.165) is 11.3 Å². The summed E-state index contributed by atoms with van der Waals surface area (Å²) in [4.78, 5) is 16.3. The molecule has 0 aliphatic heterocycles. The minimum absolute atomic E-state index is 0.0582. The molecule has 0 unspecified atom stereocenters. The molecule has 0 spiro atoms. The fraction of sp³-hybridized carbons (Fsp3) is 0.167. The predicted octanol–water partition coefficient (Wildman–Crippen LogP) is 4.28. The van der Waals surface area contributed by atoms with Crippen molar-refractivity contribution in [2.45, 2.75) is 12.8 Å². The van der Waals surface area contributed by atoms with Crippen LogP contribution in [0.3, 0.4) is 0 Å². The van der Waals surface area contributed by atoms with Gasteiger partial charge in [-0.2, -0.15) is 0 Å². The first-order valence-electron chi connectivity index (χ1n) is 9.23. The van der Waals surface area contributed by atoms with Crippen LogP contribution in [0.2, 0.25) is 0 Å². The molecule has 1 heterocycles. The van der Waals surface area contributed by atoms with Gasteiger partial charge in [-0.25, -0.2) is 4.79 Å². The fourth-order valence-electron chi connectivity index (χ4n) is 3.45. The Morgan fingerprint density at radius 2 is 1.71 bits per heavy atom. The first-order chi connectivity index (χ1) is 13.7. The smallest absolute Gasteiger partial charge is 0.407 e. The Kier molecular flexibility index (Phi) is 5.07. The zero-order valence-electron chi connectivity index (χ0n) is 15.6. The summed E-state index contributed by atoms with van der Waals surface area (Å²) < 4.78 is 5.48. The van der Waals surface area contributed by atoms with Crippen LogP contribution in [0.1, 0.15) is 28.3 Å². The molecule has 0 fully saturated rings. The number of alkyl carbamates (subject to hydrolysis) is 1. The molecule has 4 heteroatoms. The Morgan fingerprint density at radius 1 is 1.04 bits per heavy atom. The van der Waals surface area contributed by atoms with Crippen molar-refractivity contribution < 1.29 is 9.53 Å². The molecule has 2 aromatic carbocycles. The molecule has 3 aromatic rings. The predicted molar refractivity (Wildman–Crippen MR) is 109 cm³/mol. The summed E-state index contributed by atoms with van der Waals surface area (Å²) in [5.74, 6) is 5.94. The van der Waals surface area contributed by atoms with Crippen LogP contribution < -0.4 is 5.32 Å². The van der Waals surface area contributed by atoms with Gasteiger partial charge in [-0.05, 0) is 41.3 Å². The third-order valence-corrected chi connectivity index (χ3v) is 4.81. The van der Waals surface area contributed by atoms with Gasteiger partial charge in [0.05, 0.1) is 6.54 Å². The van der Waals surface area contributed by atoms with Crippen LogP contribution >= 0.6 is 0 Å². The van der Waals surface area contributed by atoms with E-state index in [-0.39, 0.29) is 12.5 Å². The number of fused-ring (bicyclic) bond motifs is 3. The average molecular weight is 368 g/mol. The number of amides is 1. The molecule has 0 bridgehead atoms. The van der Waals surface area contributed by atoms with E-state index in [4.69, 9.17) is 4.74 Å². The number of nitrogens with zero attached hydrogens (tertiary/aromatic N) is 1. The molecule has 0 radical (unpaired) electrons. The van der Waals surface area contributed by atoms with Crippen LogP contribution in [0.25, 0.3) is 11.1 Å². The number of aromatic nitrogens is 1. The van der Waals surface area contributed by atoms with E-state index in [0.29, 0.717) is 6.61 Å². The Labute approximate surface area is 164 Å². The standard InChI is InChI=1S/C24H20N2O2/c1-17-12-13-18(15-26-17)7-6-14-25-24(27)28-16-23-21-10-4-2-8-19(21)20-9-3-5-11-22(20)23/h2-5,8-13,15,23H,14,16H2,1H3,(H,25,27). The second-order valence-corrected chi connectivity index (χ2v) is 6.67. The molecule has 4 nitrogen and oxygen atoms in total. The third-order valence-electron chi connectivity index (χ3n) is 4.81. The zero-order valence-corrected chi connectivity index (χ0v) is 15.6. The van der Waals surface area contributed by atoms with E-state index < -0.39 is 6.09 Å². The van der Waals surface area contributed by atoms with Gasteiger partial charge >= 0.3 is 6.09 Å². The number of carbonyl (C=O) groups is 1. The van der Waals surface area contributed by atoms with E-state index in [2.05, 4.69) is 46.4 Å². The van der Waals surface area contributed by atoms with Gasteiger partial charge in [-0.15, -0.1) is 0 Å². The summed E-state index contributed by atoms with van der Waals surface area (Å²) in [5, 5.41) is 2.68. The molecule has 0 saturated heterocycles. The van der Waals surface area contributed by atoms with Crippen LogP contribution in [-0.4, -0.2) is 24.2 Å². The van der Waals surface area contributed by atoms with Crippen molar-refractivity contribution in [1.82, 2.24) is 10.3 Å². The first kappa shape index (κ1) is 17.8. The Morgan fingerprint density at radius 3 is 2.36 bits per heavy atom. The molecule has 0 atom stereocenters. The number of carbonyl (C=O) groups excluding carboxylic acids is 1. The van der Waals surface area contributed by atoms with E-state index in [1.165, 1.54) is 22.3 Å². The topological polar surface area (TPSA) is 51.2 Å². The fourth-order valence-corrected chi connectivity index (χ4v) is 3.45. The van der Waals surface area contributed by atoms with E-state index in [9.17, 15) is 4.79 Å². The average Bonchev–Trinajstić information content (AvgIpc) is 3.05. The largest absolute Gasteiger partial charge is 0.449 e.